The van der Waals surface area contributed by atoms with E-state index >= 15 is 0 Å². The van der Waals surface area contributed by atoms with Gasteiger partial charge in [0, 0.05) is 4.47 Å². The molecule has 0 aliphatic heterocycles. The third-order valence-electron chi connectivity index (χ3n) is 4.30. The summed E-state index contributed by atoms with van der Waals surface area (Å²) in [5.74, 6) is 0. The van der Waals surface area contributed by atoms with Crippen LogP contribution in [-0.2, 0) is 12.8 Å². The summed E-state index contributed by atoms with van der Waals surface area (Å²) in [6.07, 6.45) is 9.58. The van der Waals surface area contributed by atoms with Crippen molar-refractivity contribution in [2.45, 2.75) is 25.7 Å². The van der Waals surface area contributed by atoms with Gasteiger partial charge in [0.05, 0.1) is 0 Å². The van der Waals surface area contributed by atoms with Crippen molar-refractivity contribution in [3.63, 3.8) is 0 Å². The Morgan fingerprint density at radius 1 is 0.947 bits per heavy atom. The molecule has 0 atom stereocenters. The van der Waals surface area contributed by atoms with Crippen molar-refractivity contribution in [2.75, 3.05) is 0 Å². The molecule has 0 saturated heterocycles. The number of fused-ring (bicyclic) bond motifs is 4. The Balaban J connectivity index is 2.28. The van der Waals surface area contributed by atoms with Gasteiger partial charge >= 0.3 is 0 Å². The van der Waals surface area contributed by atoms with E-state index in [9.17, 15) is 0 Å². The first-order valence-corrected chi connectivity index (χ1v) is 7.74. The fraction of sp³-hybridized carbons (Fsp3) is 0.222. The van der Waals surface area contributed by atoms with E-state index in [1.807, 2.05) is 0 Å². The van der Waals surface area contributed by atoms with Gasteiger partial charge in [-0.3, -0.25) is 0 Å². The van der Waals surface area contributed by atoms with Gasteiger partial charge in [-0.25, -0.2) is 0 Å². The second-order valence-electron chi connectivity index (χ2n) is 5.37. The van der Waals surface area contributed by atoms with Crippen LogP contribution in [0.25, 0.3) is 12.2 Å². The van der Waals surface area contributed by atoms with E-state index in [2.05, 4.69) is 58.4 Å². The lowest BCUT2D eigenvalue weighted by molar-refractivity contribution is 0.822. The van der Waals surface area contributed by atoms with Crippen molar-refractivity contribution in [3.8, 4) is 0 Å². The highest BCUT2D eigenvalue weighted by molar-refractivity contribution is 9.10. The molecule has 0 radical (unpaired) electrons. The molecule has 4 rings (SSSR count). The fourth-order valence-corrected chi connectivity index (χ4v) is 4.03. The molecule has 0 amide bonds. The average molecular weight is 311 g/mol. The lowest BCUT2D eigenvalue weighted by Crippen LogP contribution is -2.21. The van der Waals surface area contributed by atoms with Crippen molar-refractivity contribution in [2.24, 2.45) is 0 Å². The molecule has 0 spiro atoms. The third kappa shape index (κ3) is 1.72. The molecule has 0 unspecified atom stereocenters. The van der Waals surface area contributed by atoms with Crippen LogP contribution in [0.2, 0.25) is 0 Å². The van der Waals surface area contributed by atoms with Crippen LogP contribution in [0.5, 0.6) is 0 Å². The van der Waals surface area contributed by atoms with Gasteiger partial charge in [-0.05, 0) is 63.8 Å². The van der Waals surface area contributed by atoms with Crippen molar-refractivity contribution >= 4 is 28.1 Å². The van der Waals surface area contributed by atoms with Crippen LogP contribution in [-0.4, -0.2) is 0 Å². The van der Waals surface area contributed by atoms with E-state index < -0.39 is 0 Å². The van der Waals surface area contributed by atoms with Crippen molar-refractivity contribution in [1.82, 2.24) is 0 Å². The van der Waals surface area contributed by atoms with E-state index in [1.54, 1.807) is 11.1 Å². The molecule has 0 aromatic heterocycles. The normalized spacial score (nSPS) is 15.6. The second-order valence-corrected chi connectivity index (χ2v) is 6.22. The highest BCUT2D eigenvalue weighted by Gasteiger charge is 2.13. The molecule has 2 aromatic carbocycles. The molecule has 2 aromatic rings. The molecule has 0 saturated carbocycles. The Hall–Kier alpha value is -1.34. The van der Waals surface area contributed by atoms with E-state index in [1.165, 1.54) is 44.6 Å². The van der Waals surface area contributed by atoms with Crippen molar-refractivity contribution < 1.29 is 0 Å². The summed E-state index contributed by atoms with van der Waals surface area (Å²) in [6, 6.07) is 11.1. The first-order chi connectivity index (χ1) is 9.34. The second kappa shape index (κ2) is 4.35. The maximum Gasteiger partial charge on any atom is 0.0253 e. The SMILES string of the molecule is Brc1cc2c(c3c1=CCCC3)CC=c1ccccc1=2. The zero-order valence-electron chi connectivity index (χ0n) is 10.7. The summed E-state index contributed by atoms with van der Waals surface area (Å²) in [5.41, 5.74) is 3.12. The molecule has 0 nitrogen and oxygen atoms in total. The predicted molar refractivity (Wildman–Crippen MR) is 83.1 cm³/mol. The van der Waals surface area contributed by atoms with Gasteiger partial charge in [0.25, 0.3) is 0 Å². The predicted octanol–water partition coefficient (Wildman–Crippen LogP) is 3.19. The Labute approximate surface area is 120 Å². The van der Waals surface area contributed by atoms with Crippen LogP contribution < -0.4 is 10.4 Å². The van der Waals surface area contributed by atoms with Gasteiger partial charge in [-0.2, -0.15) is 0 Å². The molecule has 2 aliphatic carbocycles. The quantitative estimate of drug-likeness (QED) is 0.701. The zero-order valence-corrected chi connectivity index (χ0v) is 12.3. The van der Waals surface area contributed by atoms with Gasteiger partial charge in [-0.15, -0.1) is 0 Å². The first-order valence-electron chi connectivity index (χ1n) is 6.94. The van der Waals surface area contributed by atoms with E-state index in [0.29, 0.717) is 0 Å². The Kier molecular flexibility index (Phi) is 2.63. The van der Waals surface area contributed by atoms with Crippen LogP contribution in [0.15, 0.2) is 34.8 Å². The summed E-state index contributed by atoms with van der Waals surface area (Å²) in [7, 11) is 0. The Morgan fingerprint density at radius 3 is 2.79 bits per heavy atom. The summed E-state index contributed by atoms with van der Waals surface area (Å²) >= 11 is 3.77. The minimum Gasteiger partial charge on any atom is -0.0758 e. The number of benzene rings is 2. The molecule has 0 heterocycles. The molecule has 94 valence electrons. The topological polar surface area (TPSA) is 0 Å². The van der Waals surface area contributed by atoms with Gasteiger partial charge in [0.15, 0.2) is 0 Å². The molecule has 2 aliphatic rings. The van der Waals surface area contributed by atoms with Crippen molar-refractivity contribution in [1.29, 1.82) is 0 Å². The summed E-state index contributed by atoms with van der Waals surface area (Å²) in [4.78, 5) is 0. The Bertz CT molecular complexity index is 875. The first kappa shape index (κ1) is 11.5. The molecule has 1 heteroatoms. The van der Waals surface area contributed by atoms with Crippen molar-refractivity contribution in [3.05, 3.63) is 66.8 Å². The summed E-state index contributed by atoms with van der Waals surface area (Å²) in [6.45, 7) is 0. The van der Waals surface area contributed by atoms with Gasteiger partial charge in [-0.1, -0.05) is 52.3 Å². The van der Waals surface area contributed by atoms with Gasteiger partial charge < -0.3 is 0 Å². The van der Waals surface area contributed by atoms with Crippen LogP contribution in [0.3, 0.4) is 0 Å². The summed E-state index contributed by atoms with van der Waals surface area (Å²) < 4.78 is 1.26. The number of hydrogen-bond acceptors (Lipinski definition) is 0. The van der Waals surface area contributed by atoms with Crippen LogP contribution in [0.1, 0.15) is 24.0 Å². The highest BCUT2D eigenvalue weighted by Crippen LogP contribution is 2.21. The number of halogens is 1. The minimum atomic E-state index is 1.08. The number of hydrogen-bond donors (Lipinski definition) is 0. The fourth-order valence-electron chi connectivity index (χ4n) is 3.40. The maximum atomic E-state index is 3.77. The molecule has 19 heavy (non-hydrogen) atoms. The molecule has 0 fully saturated rings. The summed E-state index contributed by atoms with van der Waals surface area (Å²) in [5, 5.41) is 5.64. The molecular weight excluding hydrogens is 296 g/mol. The lowest BCUT2D eigenvalue weighted by atomic mass is 9.89. The lowest BCUT2D eigenvalue weighted by Gasteiger charge is -2.17. The maximum absolute atomic E-state index is 3.77. The largest absolute Gasteiger partial charge is 0.0758 e. The highest BCUT2D eigenvalue weighted by atomic mass is 79.9. The zero-order chi connectivity index (χ0) is 12.8. The van der Waals surface area contributed by atoms with Crippen LogP contribution in [0.4, 0.5) is 0 Å². The van der Waals surface area contributed by atoms with Crippen LogP contribution >= 0.6 is 15.9 Å². The van der Waals surface area contributed by atoms with E-state index in [4.69, 9.17) is 0 Å². The molecule has 0 bridgehead atoms. The minimum absolute atomic E-state index is 1.08. The van der Waals surface area contributed by atoms with E-state index in [-0.39, 0.29) is 0 Å². The molecule has 0 N–H and O–H groups in total. The van der Waals surface area contributed by atoms with E-state index in [0.717, 1.165) is 6.42 Å². The van der Waals surface area contributed by atoms with Gasteiger partial charge in [0.2, 0.25) is 0 Å². The molecular formula is C18H15Br. The van der Waals surface area contributed by atoms with Gasteiger partial charge in [0.1, 0.15) is 0 Å². The van der Waals surface area contributed by atoms with Crippen LogP contribution in [0, 0.1) is 10.4 Å². The Morgan fingerprint density at radius 2 is 1.84 bits per heavy atom. The monoisotopic (exact) mass is 310 g/mol. The average Bonchev–Trinajstić information content (AvgIpc) is 2.47. The third-order valence-corrected chi connectivity index (χ3v) is 4.96. The standard InChI is InChI=1S/C18H15Br/c19-18-11-17-13-6-2-1-5-12(13)9-10-15(17)14-7-3-4-8-16(14)18/h1-2,5-6,8-9,11H,3-4,7,10H2. The smallest absolute Gasteiger partial charge is 0.0253 e. The number of rotatable bonds is 0.